The third-order valence-electron chi connectivity index (χ3n) is 3.44. The lowest BCUT2D eigenvalue weighted by Crippen LogP contribution is -2.36. The molecule has 5 heteroatoms. The van der Waals surface area contributed by atoms with Crippen molar-refractivity contribution in [3.8, 4) is 0 Å². The lowest BCUT2D eigenvalue weighted by molar-refractivity contribution is -0.381. The molecule has 0 atom stereocenters. The summed E-state index contributed by atoms with van der Waals surface area (Å²) in [6.07, 6.45) is 1.80. The van der Waals surface area contributed by atoms with Gasteiger partial charge in [-0.25, -0.2) is 4.98 Å². The highest BCUT2D eigenvalue weighted by Crippen LogP contribution is 2.15. The van der Waals surface area contributed by atoms with Crippen molar-refractivity contribution in [1.29, 1.82) is 0 Å². The van der Waals surface area contributed by atoms with E-state index in [1.807, 2.05) is 42.5 Å². The highest BCUT2D eigenvalue weighted by atomic mass is 16.5. The summed E-state index contributed by atoms with van der Waals surface area (Å²) < 4.78 is 5.35. The first-order valence-corrected chi connectivity index (χ1v) is 7.04. The molecule has 21 heavy (non-hydrogen) atoms. The minimum atomic E-state index is -0.142. The molecule has 0 saturated carbocycles. The van der Waals surface area contributed by atoms with Crippen LogP contribution in [0.15, 0.2) is 48.7 Å². The van der Waals surface area contributed by atoms with E-state index in [0.717, 1.165) is 37.7 Å². The summed E-state index contributed by atoms with van der Waals surface area (Å²) in [5, 5.41) is 2.87. The number of rotatable bonds is 3. The van der Waals surface area contributed by atoms with E-state index in [0.29, 0.717) is 5.69 Å². The maximum Gasteiger partial charge on any atom is 0.320 e. The van der Waals surface area contributed by atoms with Gasteiger partial charge < -0.3 is 15.0 Å². The average molecular weight is 284 g/mol. The lowest BCUT2D eigenvalue weighted by atomic mass is 10.2. The summed E-state index contributed by atoms with van der Waals surface area (Å²) in [4.78, 5) is 17.5. The minimum absolute atomic E-state index is 0.142. The number of hydrogen-bond acceptors (Lipinski definition) is 3. The number of morpholine rings is 1. The van der Waals surface area contributed by atoms with Crippen LogP contribution in [0.25, 0.3) is 0 Å². The Kier molecular flexibility index (Phi) is 4.12. The van der Waals surface area contributed by atoms with Crippen molar-refractivity contribution in [3.05, 3.63) is 54.4 Å². The lowest BCUT2D eigenvalue weighted by Gasteiger charge is -2.28. The molecule has 0 bridgehead atoms. The molecule has 1 aliphatic rings. The van der Waals surface area contributed by atoms with Gasteiger partial charge in [0.1, 0.15) is 0 Å². The van der Waals surface area contributed by atoms with Crippen LogP contribution in [0.1, 0.15) is 10.5 Å². The predicted octanol–water partition coefficient (Wildman–Crippen LogP) is 1.59. The first kappa shape index (κ1) is 13.6. The summed E-state index contributed by atoms with van der Waals surface area (Å²) in [5.41, 5.74) is 2.37. The molecule has 2 N–H and O–H groups in total. The highest BCUT2D eigenvalue weighted by molar-refractivity contribution is 6.02. The average Bonchev–Trinajstić information content (AvgIpc) is 2.57. The van der Waals surface area contributed by atoms with Gasteiger partial charge in [0, 0.05) is 36.6 Å². The van der Waals surface area contributed by atoms with Crippen molar-refractivity contribution < 1.29 is 14.5 Å². The van der Waals surface area contributed by atoms with Crippen LogP contribution in [-0.4, -0.2) is 32.2 Å². The smallest absolute Gasteiger partial charge is 0.320 e. The van der Waals surface area contributed by atoms with Crippen molar-refractivity contribution in [2.24, 2.45) is 0 Å². The number of ether oxygens (including phenoxy) is 1. The van der Waals surface area contributed by atoms with Crippen LogP contribution < -0.4 is 15.2 Å². The molecule has 1 aromatic carbocycles. The normalized spacial score (nSPS) is 14.8. The summed E-state index contributed by atoms with van der Waals surface area (Å²) in [6.45, 7) is 3.15. The van der Waals surface area contributed by atoms with Crippen LogP contribution >= 0.6 is 0 Å². The molecule has 0 spiro atoms. The number of carbonyl (C=O) groups is 1. The number of para-hydroxylation sites is 1. The second-order valence-electron chi connectivity index (χ2n) is 4.88. The quantitative estimate of drug-likeness (QED) is 0.931. The summed E-state index contributed by atoms with van der Waals surface area (Å²) in [6, 6.07) is 13.3. The summed E-state index contributed by atoms with van der Waals surface area (Å²) in [5.74, 6) is -0.142. The molecule has 1 fully saturated rings. The zero-order chi connectivity index (χ0) is 14.5. The molecule has 0 unspecified atom stereocenters. The second kappa shape index (κ2) is 6.37. The van der Waals surface area contributed by atoms with E-state index in [-0.39, 0.29) is 5.91 Å². The zero-order valence-corrected chi connectivity index (χ0v) is 11.7. The summed E-state index contributed by atoms with van der Waals surface area (Å²) >= 11 is 0. The molecule has 5 nitrogen and oxygen atoms in total. The number of nitrogens with zero attached hydrogens (tertiary/aromatic N) is 1. The third kappa shape index (κ3) is 3.38. The number of aromatic amines is 1. The van der Waals surface area contributed by atoms with Gasteiger partial charge in [0.2, 0.25) is 0 Å². The standard InChI is InChI=1S/C16H17N3O2/c20-16(18-13-4-2-1-3-5-13)15-12-14(6-7-17-15)19-8-10-21-11-9-19/h1-7,12H,8-11H2,(H,18,20)/p+1. The monoisotopic (exact) mass is 284 g/mol. The number of benzene rings is 1. The van der Waals surface area contributed by atoms with Crippen LogP contribution in [0.4, 0.5) is 11.4 Å². The van der Waals surface area contributed by atoms with E-state index in [1.165, 1.54) is 0 Å². The van der Waals surface area contributed by atoms with Crippen molar-refractivity contribution in [2.45, 2.75) is 0 Å². The van der Waals surface area contributed by atoms with Crippen LogP contribution in [0.2, 0.25) is 0 Å². The SMILES string of the molecule is O=C(Nc1ccccc1)c1cc(N2CCOCC2)cc[nH+]1. The Morgan fingerprint density at radius 2 is 1.90 bits per heavy atom. The van der Waals surface area contributed by atoms with Crippen molar-refractivity contribution in [3.63, 3.8) is 0 Å². The van der Waals surface area contributed by atoms with Crippen molar-refractivity contribution in [2.75, 3.05) is 36.5 Å². The number of anilines is 2. The molecule has 1 aliphatic heterocycles. The number of aromatic nitrogens is 1. The van der Waals surface area contributed by atoms with Gasteiger partial charge in [-0.05, 0) is 12.1 Å². The van der Waals surface area contributed by atoms with Crippen LogP contribution in [0.5, 0.6) is 0 Å². The fraction of sp³-hybridized carbons (Fsp3) is 0.250. The summed E-state index contributed by atoms with van der Waals surface area (Å²) in [7, 11) is 0. The number of nitrogens with one attached hydrogen (secondary N) is 2. The Labute approximate surface area is 123 Å². The van der Waals surface area contributed by atoms with E-state index < -0.39 is 0 Å². The van der Waals surface area contributed by atoms with E-state index >= 15 is 0 Å². The molecule has 0 radical (unpaired) electrons. The molecule has 1 amide bonds. The van der Waals surface area contributed by atoms with Crippen LogP contribution in [0.3, 0.4) is 0 Å². The first-order valence-electron chi connectivity index (χ1n) is 7.04. The van der Waals surface area contributed by atoms with Gasteiger partial charge in [-0.3, -0.25) is 4.79 Å². The number of pyridine rings is 1. The number of hydrogen-bond donors (Lipinski definition) is 1. The second-order valence-corrected chi connectivity index (χ2v) is 4.88. The third-order valence-corrected chi connectivity index (χ3v) is 3.44. The maximum absolute atomic E-state index is 12.3. The fourth-order valence-corrected chi connectivity index (χ4v) is 2.32. The van der Waals surface area contributed by atoms with Crippen molar-refractivity contribution in [1.82, 2.24) is 0 Å². The number of H-pyrrole nitrogens is 1. The molecular weight excluding hydrogens is 266 g/mol. The van der Waals surface area contributed by atoms with Gasteiger partial charge in [-0.1, -0.05) is 18.2 Å². The molecule has 0 aliphatic carbocycles. The van der Waals surface area contributed by atoms with E-state index in [1.54, 1.807) is 6.20 Å². The van der Waals surface area contributed by atoms with Crippen molar-refractivity contribution >= 4 is 17.3 Å². The number of amides is 1. The maximum atomic E-state index is 12.3. The fourth-order valence-electron chi connectivity index (χ4n) is 2.32. The van der Waals surface area contributed by atoms with Crippen LogP contribution in [-0.2, 0) is 4.74 Å². The van der Waals surface area contributed by atoms with Gasteiger partial charge in [0.05, 0.1) is 13.2 Å². The first-order chi connectivity index (χ1) is 10.3. The van der Waals surface area contributed by atoms with Gasteiger partial charge in [-0.2, -0.15) is 0 Å². The Morgan fingerprint density at radius 3 is 2.67 bits per heavy atom. The largest absolute Gasteiger partial charge is 0.378 e. The Bertz CT molecular complexity index is 610. The van der Waals surface area contributed by atoms with E-state index in [9.17, 15) is 4.79 Å². The Hall–Kier alpha value is -2.40. The predicted molar refractivity (Wildman–Crippen MR) is 80.4 cm³/mol. The number of carbonyl (C=O) groups excluding carboxylic acids is 1. The molecule has 1 saturated heterocycles. The highest BCUT2D eigenvalue weighted by Gasteiger charge is 2.18. The van der Waals surface area contributed by atoms with E-state index in [4.69, 9.17) is 4.74 Å². The van der Waals surface area contributed by atoms with Gasteiger partial charge in [-0.15, -0.1) is 0 Å². The topological polar surface area (TPSA) is 55.7 Å². The molecule has 2 heterocycles. The Morgan fingerprint density at radius 1 is 1.14 bits per heavy atom. The van der Waals surface area contributed by atoms with Gasteiger partial charge in [0.25, 0.3) is 5.69 Å². The van der Waals surface area contributed by atoms with Gasteiger partial charge >= 0.3 is 5.91 Å². The van der Waals surface area contributed by atoms with Gasteiger partial charge in [0.15, 0.2) is 6.20 Å². The Balaban J connectivity index is 1.74. The molecule has 3 rings (SSSR count). The molecule has 2 aromatic rings. The minimum Gasteiger partial charge on any atom is -0.378 e. The molecule has 108 valence electrons. The van der Waals surface area contributed by atoms with E-state index in [2.05, 4.69) is 15.2 Å². The van der Waals surface area contributed by atoms with Crippen LogP contribution in [0, 0.1) is 0 Å². The zero-order valence-electron chi connectivity index (χ0n) is 11.7. The molecule has 1 aromatic heterocycles. The molecular formula is C16H18N3O2+.